The lowest BCUT2D eigenvalue weighted by molar-refractivity contribution is -0.116. The molecular weight excluding hydrogens is 252 g/mol. The molecule has 0 radical (unpaired) electrons. The van der Waals surface area contributed by atoms with Gasteiger partial charge in [-0.3, -0.25) is 9.79 Å². The first kappa shape index (κ1) is 14.1. The summed E-state index contributed by atoms with van der Waals surface area (Å²) in [6.07, 6.45) is 3.74. The topological polar surface area (TPSA) is 79.5 Å². The number of allylic oxidation sites excluding steroid dienone is 1. The molecule has 5 nitrogen and oxygen atoms in total. The Bertz CT molecular complexity index is 563. The van der Waals surface area contributed by atoms with E-state index in [1.165, 1.54) is 6.20 Å². The Morgan fingerprint density at radius 2 is 2.35 bits per heavy atom. The molecule has 0 aromatic heterocycles. The second-order valence-electron chi connectivity index (χ2n) is 4.78. The third-order valence-corrected chi connectivity index (χ3v) is 3.12. The van der Waals surface area contributed by atoms with Crippen molar-refractivity contribution in [3.8, 4) is 0 Å². The van der Waals surface area contributed by atoms with Crippen molar-refractivity contribution in [3.63, 3.8) is 0 Å². The van der Waals surface area contributed by atoms with Crippen molar-refractivity contribution in [1.29, 1.82) is 0 Å². The van der Waals surface area contributed by atoms with Gasteiger partial charge < -0.3 is 16.4 Å². The van der Waals surface area contributed by atoms with Crippen molar-refractivity contribution in [3.05, 3.63) is 30.0 Å². The van der Waals surface area contributed by atoms with E-state index in [0.29, 0.717) is 13.0 Å². The maximum atomic E-state index is 11.8. The average molecular weight is 272 g/mol. The third kappa shape index (κ3) is 2.99. The minimum atomic E-state index is 0.0152. The Morgan fingerprint density at radius 1 is 1.55 bits per heavy atom. The average Bonchev–Trinajstić information content (AvgIpc) is 2.56. The number of nitrogens with one attached hydrogen (secondary N) is 2. The molecule has 20 heavy (non-hydrogen) atoms. The van der Waals surface area contributed by atoms with Crippen LogP contribution in [0.25, 0.3) is 5.57 Å². The predicted octanol–water partition coefficient (Wildman–Crippen LogP) is 2.22. The fourth-order valence-electron chi connectivity index (χ4n) is 2.22. The molecule has 5 heteroatoms. The number of anilines is 2. The van der Waals surface area contributed by atoms with Crippen molar-refractivity contribution in [2.75, 3.05) is 17.2 Å². The van der Waals surface area contributed by atoms with Gasteiger partial charge in [0.05, 0.1) is 11.4 Å². The minimum absolute atomic E-state index is 0.0152. The summed E-state index contributed by atoms with van der Waals surface area (Å²) < 4.78 is 0. The highest BCUT2D eigenvalue weighted by Crippen LogP contribution is 2.33. The van der Waals surface area contributed by atoms with Crippen LogP contribution in [0.4, 0.5) is 11.4 Å². The van der Waals surface area contributed by atoms with Crippen molar-refractivity contribution >= 4 is 29.1 Å². The van der Waals surface area contributed by atoms with Crippen LogP contribution in [-0.2, 0) is 4.79 Å². The zero-order chi connectivity index (χ0) is 14.5. The lowest BCUT2D eigenvalue weighted by Crippen LogP contribution is -2.19. The highest BCUT2D eigenvalue weighted by molar-refractivity contribution is 6.13. The fourth-order valence-corrected chi connectivity index (χ4v) is 2.22. The Morgan fingerprint density at radius 3 is 3.05 bits per heavy atom. The number of hydrogen-bond donors (Lipinski definition) is 3. The van der Waals surface area contributed by atoms with E-state index in [0.717, 1.165) is 22.5 Å². The van der Waals surface area contributed by atoms with Gasteiger partial charge in [-0.2, -0.15) is 0 Å². The van der Waals surface area contributed by atoms with Gasteiger partial charge in [0.15, 0.2) is 0 Å². The number of aliphatic imine (C=N–C) groups is 1. The Kier molecular flexibility index (Phi) is 4.40. The smallest absolute Gasteiger partial charge is 0.226 e. The summed E-state index contributed by atoms with van der Waals surface area (Å²) in [6, 6.07) is 5.82. The van der Waals surface area contributed by atoms with Gasteiger partial charge in [0.25, 0.3) is 0 Å². The molecule has 0 fully saturated rings. The number of fused-ring (bicyclic) bond motifs is 1. The number of amides is 1. The summed E-state index contributed by atoms with van der Waals surface area (Å²) in [5.74, 6) is 0.0152. The van der Waals surface area contributed by atoms with E-state index in [-0.39, 0.29) is 11.9 Å². The lowest BCUT2D eigenvalue weighted by atomic mass is 10.0. The largest absolute Gasteiger partial charge is 0.404 e. The molecule has 0 saturated carbocycles. The lowest BCUT2D eigenvalue weighted by Gasteiger charge is -2.16. The minimum Gasteiger partial charge on any atom is -0.404 e. The highest BCUT2D eigenvalue weighted by atomic mass is 16.1. The molecule has 1 amide bonds. The van der Waals surface area contributed by atoms with Crippen molar-refractivity contribution < 1.29 is 4.79 Å². The molecule has 2 rings (SSSR count). The molecule has 0 aliphatic carbocycles. The number of nitrogens with two attached hydrogens (primary N) is 1. The van der Waals surface area contributed by atoms with Crippen molar-refractivity contribution in [2.24, 2.45) is 10.7 Å². The Balaban J connectivity index is 2.48. The molecule has 1 aromatic carbocycles. The molecule has 1 atom stereocenters. The first-order valence-electron chi connectivity index (χ1n) is 6.77. The first-order valence-corrected chi connectivity index (χ1v) is 6.77. The number of hydrogen-bond acceptors (Lipinski definition) is 4. The Labute approximate surface area is 119 Å². The van der Waals surface area contributed by atoms with Gasteiger partial charge in [-0.25, -0.2) is 0 Å². The third-order valence-electron chi connectivity index (χ3n) is 3.12. The number of carbonyl (C=O) groups excluding carboxylic acids is 1. The van der Waals surface area contributed by atoms with Crippen LogP contribution in [0.2, 0.25) is 0 Å². The zero-order valence-corrected chi connectivity index (χ0v) is 11.8. The number of rotatable bonds is 3. The molecule has 1 aliphatic heterocycles. The summed E-state index contributed by atoms with van der Waals surface area (Å²) in [7, 11) is 0. The second-order valence-corrected chi connectivity index (χ2v) is 4.78. The van der Waals surface area contributed by atoms with E-state index in [4.69, 9.17) is 5.73 Å². The van der Waals surface area contributed by atoms with Crippen molar-refractivity contribution in [1.82, 2.24) is 0 Å². The van der Waals surface area contributed by atoms with Gasteiger partial charge in [-0.05, 0) is 19.9 Å². The standard InChI is InChI=1S/C15H20N4O/c1-3-17-9-11(8-16)12-5-4-6-13-15(12)18-10(2)7-14(20)19-13/h4-6,8-10,18H,3,7,16H2,1-2H3,(H,19,20)/b11-8+,17-9?/t10-/m1/s1. The summed E-state index contributed by atoms with van der Waals surface area (Å²) in [6.45, 7) is 4.65. The second kappa shape index (κ2) is 6.23. The molecule has 1 aromatic rings. The highest BCUT2D eigenvalue weighted by Gasteiger charge is 2.20. The van der Waals surface area contributed by atoms with Crippen LogP contribution in [0.1, 0.15) is 25.8 Å². The normalized spacial score (nSPS) is 19.2. The van der Waals surface area contributed by atoms with Gasteiger partial charge in [0.2, 0.25) is 5.91 Å². The van der Waals surface area contributed by atoms with Crippen LogP contribution in [0.5, 0.6) is 0 Å². The van der Waals surface area contributed by atoms with Crippen molar-refractivity contribution in [2.45, 2.75) is 26.3 Å². The molecule has 0 spiro atoms. The Hall–Kier alpha value is -2.30. The van der Waals surface area contributed by atoms with Crippen LogP contribution in [0.3, 0.4) is 0 Å². The summed E-state index contributed by atoms with van der Waals surface area (Å²) in [5, 5.41) is 6.29. The summed E-state index contributed by atoms with van der Waals surface area (Å²) in [5.41, 5.74) is 9.16. The SMILES string of the molecule is CCN=C/C(=C\N)c1cccc2c1N[C@H](C)CC(=O)N2. The van der Waals surface area contributed by atoms with Crippen LogP contribution in [0, 0.1) is 0 Å². The van der Waals surface area contributed by atoms with E-state index in [2.05, 4.69) is 15.6 Å². The van der Waals surface area contributed by atoms with E-state index in [9.17, 15) is 4.79 Å². The maximum absolute atomic E-state index is 11.8. The van der Waals surface area contributed by atoms with Crippen LogP contribution in [0.15, 0.2) is 29.4 Å². The van der Waals surface area contributed by atoms with Crippen LogP contribution in [-0.4, -0.2) is 24.7 Å². The molecule has 1 aliphatic rings. The molecule has 0 bridgehead atoms. The van der Waals surface area contributed by atoms with Crippen LogP contribution < -0.4 is 16.4 Å². The molecular formula is C15H20N4O. The molecule has 1 heterocycles. The first-order chi connectivity index (χ1) is 9.65. The number of nitrogens with zero attached hydrogens (tertiary/aromatic N) is 1. The quantitative estimate of drug-likeness (QED) is 0.738. The van der Waals surface area contributed by atoms with E-state index < -0.39 is 0 Å². The molecule has 106 valence electrons. The van der Waals surface area contributed by atoms with Gasteiger partial charge in [-0.1, -0.05) is 12.1 Å². The van der Waals surface area contributed by atoms with E-state index in [1.807, 2.05) is 32.0 Å². The fraction of sp³-hybridized carbons (Fsp3) is 0.333. The van der Waals surface area contributed by atoms with E-state index in [1.54, 1.807) is 6.21 Å². The van der Waals surface area contributed by atoms with Crippen LogP contribution >= 0.6 is 0 Å². The number of benzene rings is 1. The van der Waals surface area contributed by atoms with E-state index >= 15 is 0 Å². The van der Waals surface area contributed by atoms with Gasteiger partial charge in [0.1, 0.15) is 0 Å². The van der Waals surface area contributed by atoms with Gasteiger partial charge in [0, 0.05) is 42.6 Å². The zero-order valence-electron chi connectivity index (χ0n) is 11.8. The molecule has 0 saturated heterocycles. The number of para-hydroxylation sites is 1. The maximum Gasteiger partial charge on any atom is 0.226 e. The van der Waals surface area contributed by atoms with Gasteiger partial charge in [-0.15, -0.1) is 0 Å². The summed E-state index contributed by atoms with van der Waals surface area (Å²) >= 11 is 0. The molecule has 4 N–H and O–H groups in total. The predicted molar refractivity (Wildman–Crippen MR) is 84.0 cm³/mol. The number of carbonyl (C=O) groups is 1. The van der Waals surface area contributed by atoms with Gasteiger partial charge >= 0.3 is 0 Å². The summed E-state index contributed by atoms with van der Waals surface area (Å²) in [4.78, 5) is 16.0. The molecule has 0 unspecified atom stereocenters. The monoisotopic (exact) mass is 272 g/mol.